The van der Waals surface area contributed by atoms with Crippen molar-refractivity contribution in [2.45, 2.75) is 63.4 Å². The van der Waals surface area contributed by atoms with E-state index >= 15 is 0 Å². The fraction of sp³-hybridized carbons (Fsp3) is 0.500. The average molecular weight is 521 g/mol. The van der Waals surface area contributed by atoms with E-state index in [9.17, 15) is 20.4 Å². The smallest absolute Gasteiger partial charge is 0.408 e. The third kappa shape index (κ3) is 6.94. The molecule has 196 valence electrons. The average Bonchev–Trinajstić information content (AvgIpc) is 3.08. The molecular weight excluding hydrogens is 484 g/mol. The summed E-state index contributed by atoms with van der Waals surface area (Å²) in [4.78, 5) is 22.5. The number of hydrogen-bond donors (Lipinski definition) is 1. The molecule has 1 aliphatic rings. The first-order chi connectivity index (χ1) is 17.6. The zero-order valence-corrected chi connectivity index (χ0v) is 23.2. The van der Waals surface area contributed by atoms with Gasteiger partial charge in [0, 0.05) is 37.5 Å². The first-order valence-electron chi connectivity index (χ1n) is 12.6. The third-order valence-electron chi connectivity index (χ3n) is 6.62. The lowest BCUT2D eigenvalue weighted by Crippen LogP contribution is -2.44. The number of amides is 1. The molecule has 3 rings (SSSR count). The number of rotatable bonds is 7. The Hall–Kier alpha value is -3.27. The van der Waals surface area contributed by atoms with Crippen LogP contribution >= 0.6 is 11.8 Å². The number of pyridine rings is 1. The van der Waals surface area contributed by atoms with Crippen molar-refractivity contribution < 1.29 is 9.90 Å². The van der Waals surface area contributed by atoms with E-state index in [0.717, 1.165) is 49.3 Å². The third-order valence-corrected chi connectivity index (χ3v) is 7.67. The van der Waals surface area contributed by atoms with Gasteiger partial charge in [0.15, 0.2) is 0 Å². The number of hydrogen-bond acceptors (Lipinski definition) is 7. The van der Waals surface area contributed by atoms with Gasteiger partial charge in [-0.05, 0) is 63.9 Å². The van der Waals surface area contributed by atoms with E-state index in [0.29, 0.717) is 40.7 Å². The molecule has 1 aliphatic heterocycles. The predicted molar refractivity (Wildman–Crippen MR) is 147 cm³/mol. The molecule has 8 nitrogen and oxygen atoms in total. The van der Waals surface area contributed by atoms with Gasteiger partial charge in [-0.1, -0.05) is 31.2 Å². The normalized spacial score (nSPS) is 14.5. The van der Waals surface area contributed by atoms with Gasteiger partial charge in [0.25, 0.3) is 0 Å². The molecule has 0 spiro atoms. The number of thioether (sulfide) groups is 1. The van der Waals surface area contributed by atoms with E-state index < -0.39 is 11.6 Å². The fourth-order valence-electron chi connectivity index (χ4n) is 4.44. The standard InChI is InChI=1S/C28H36N6O2S/c1-6-22-23(16-29)25(33-13-7-12-32(5)14-15-33)31-26(24(22)17-30)37-19-21-10-8-20(9-11-21)18-34(27(35)36)28(2,3)4/h8-11H,6-7,12-15,18-19H2,1-5H3,(H,35,36). The van der Waals surface area contributed by atoms with Crippen molar-refractivity contribution in [1.82, 2.24) is 14.8 Å². The maximum atomic E-state index is 11.7. The lowest BCUT2D eigenvalue weighted by molar-refractivity contribution is 0.0955. The first kappa shape index (κ1) is 28.3. The SMILES string of the molecule is CCc1c(C#N)c(SCc2ccc(CN(C(=O)O)C(C)(C)C)cc2)nc(N2CCCN(C)CC2)c1C#N. The molecule has 0 atom stereocenters. The Morgan fingerprint density at radius 2 is 1.73 bits per heavy atom. The van der Waals surface area contributed by atoms with Crippen LogP contribution in [0.2, 0.25) is 0 Å². The Morgan fingerprint density at radius 3 is 2.30 bits per heavy atom. The fourth-order valence-corrected chi connectivity index (χ4v) is 5.40. The Morgan fingerprint density at radius 1 is 1.08 bits per heavy atom. The number of anilines is 1. The van der Waals surface area contributed by atoms with E-state index in [1.54, 1.807) is 0 Å². The lowest BCUT2D eigenvalue weighted by Gasteiger charge is -2.33. The van der Waals surface area contributed by atoms with Crippen LogP contribution in [0.25, 0.3) is 0 Å². The molecule has 0 saturated carbocycles. The van der Waals surface area contributed by atoms with Crippen LogP contribution in [0.5, 0.6) is 0 Å². The molecule has 1 fully saturated rings. The van der Waals surface area contributed by atoms with Crippen molar-refractivity contribution in [3.05, 3.63) is 52.1 Å². The highest BCUT2D eigenvalue weighted by atomic mass is 32.2. The molecule has 9 heteroatoms. The highest BCUT2D eigenvalue weighted by molar-refractivity contribution is 7.98. The minimum absolute atomic E-state index is 0.316. The minimum Gasteiger partial charge on any atom is -0.465 e. The number of carbonyl (C=O) groups is 1. The monoisotopic (exact) mass is 520 g/mol. The molecule has 0 aliphatic carbocycles. The summed E-state index contributed by atoms with van der Waals surface area (Å²) in [6, 6.07) is 12.5. The van der Waals surface area contributed by atoms with E-state index in [2.05, 4.69) is 29.0 Å². The summed E-state index contributed by atoms with van der Waals surface area (Å²) in [6.45, 7) is 11.5. The quantitative estimate of drug-likeness (QED) is 0.503. The zero-order chi connectivity index (χ0) is 27.2. The van der Waals surface area contributed by atoms with E-state index in [1.807, 2.05) is 52.0 Å². The maximum absolute atomic E-state index is 11.7. The van der Waals surface area contributed by atoms with Gasteiger partial charge in [0.05, 0.1) is 11.1 Å². The molecule has 1 N–H and O–H groups in total. The van der Waals surface area contributed by atoms with Crippen molar-refractivity contribution in [2.75, 3.05) is 38.1 Å². The van der Waals surface area contributed by atoms with Gasteiger partial charge in [-0.2, -0.15) is 10.5 Å². The van der Waals surface area contributed by atoms with Crippen LogP contribution in [-0.4, -0.2) is 64.7 Å². The van der Waals surface area contributed by atoms with Gasteiger partial charge in [-0.15, -0.1) is 11.8 Å². The van der Waals surface area contributed by atoms with Gasteiger partial charge >= 0.3 is 6.09 Å². The Balaban J connectivity index is 1.85. The van der Waals surface area contributed by atoms with Crippen LogP contribution in [0.1, 0.15) is 61.9 Å². The summed E-state index contributed by atoms with van der Waals surface area (Å²) in [5.41, 5.74) is 3.24. The molecule has 37 heavy (non-hydrogen) atoms. The van der Waals surface area contributed by atoms with E-state index in [4.69, 9.17) is 4.98 Å². The predicted octanol–water partition coefficient (Wildman–Crippen LogP) is 5.10. The molecule has 0 bridgehead atoms. The van der Waals surface area contributed by atoms with Crippen LogP contribution in [0.15, 0.2) is 29.3 Å². The van der Waals surface area contributed by atoms with Gasteiger partial charge in [0.1, 0.15) is 23.0 Å². The van der Waals surface area contributed by atoms with Crippen molar-refractivity contribution in [1.29, 1.82) is 10.5 Å². The summed E-state index contributed by atoms with van der Waals surface area (Å²) < 4.78 is 0. The summed E-state index contributed by atoms with van der Waals surface area (Å²) in [7, 11) is 2.10. The summed E-state index contributed by atoms with van der Waals surface area (Å²) in [6.07, 6.45) is 0.639. The van der Waals surface area contributed by atoms with Crippen molar-refractivity contribution in [2.24, 2.45) is 0 Å². The Labute approximate surface area is 224 Å². The Bertz CT molecular complexity index is 1190. The molecule has 2 aromatic rings. The number of aromatic nitrogens is 1. The number of carboxylic acid groups (broad SMARTS) is 1. The second-order valence-electron chi connectivity index (χ2n) is 10.3. The van der Waals surface area contributed by atoms with Crippen molar-refractivity contribution in [3.63, 3.8) is 0 Å². The number of benzene rings is 1. The van der Waals surface area contributed by atoms with Gasteiger partial charge < -0.3 is 14.9 Å². The molecular formula is C28H36N6O2S. The molecule has 1 aromatic heterocycles. The largest absolute Gasteiger partial charge is 0.465 e. The van der Waals surface area contributed by atoms with Crippen LogP contribution < -0.4 is 4.90 Å². The van der Waals surface area contributed by atoms with Crippen molar-refractivity contribution in [3.8, 4) is 12.1 Å². The topological polar surface area (TPSA) is 107 Å². The van der Waals surface area contributed by atoms with E-state index in [-0.39, 0.29) is 0 Å². The number of nitriles is 2. The summed E-state index contributed by atoms with van der Waals surface area (Å²) in [5, 5.41) is 30.2. The first-order valence-corrected chi connectivity index (χ1v) is 13.6. The second-order valence-corrected chi connectivity index (χ2v) is 11.3. The number of nitrogens with zero attached hydrogens (tertiary/aromatic N) is 6. The van der Waals surface area contributed by atoms with Gasteiger partial charge in [-0.25, -0.2) is 9.78 Å². The van der Waals surface area contributed by atoms with Crippen LogP contribution in [0.3, 0.4) is 0 Å². The van der Waals surface area contributed by atoms with E-state index in [1.165, 1.54) is 16.7 Å². The molecule has 1 aromatic carbocycles. The minimum atomic E-state index is -0.943. The van der Waals surface area contributed by atoms with Crippen LogP contribution in [0.4, 0.5) is 10.6 Å². The maximum Gasteiger partial charge on any atom is 0.408 e. The molecule has 0 radical (unpaired) electrons. The number of likely N-dealkylation sites (N-methyl/N-ethyl adjacent to an activating group) is 1. The highest BCUT2D eigenvalue weighted by Crippen LogP contribution is 2.34. The van der Waals surface area contributed by atoms with Gasteiger partial charge in [-0.3, -0.25) is 4.90 Å². The molecule has 0 unspecified atom stereocenters. The van der Waals surface area contributed by atoms with Crippen molar-refractivity contribution >= 4 is 23.7 Å². The molecule has 1 amide bonds. The van der Waals surface area contributed by atoms with Gasteiger partial charge in [0.2, 0.25) is 0 Å². The Kier molecular flexibility index (Phi) is 9.42. The zero-order valence-electron chi connectivity index (χ0n) is 22.4. The second kappa shape index (κ2) is 12.3. The summed E-state index contributed by atoms with van der Waals surface area (Å²) in [5.74, 6) is 1.30. The molecule has 1 saturated heterocycles. The lowest BCUT2D eigenvalue weighted by atomic mass is 10.0. The van der Waals surface area contributed by atoms with Crippen LogP contribution in [-0.2, 0) is 18.7 Å². The summed E-state index contributed by atoms with van der Waals surface area (Å²) >= 11 is 1.50. The highest BCUT2D eigenvalue weighted by Gasteiger charge is 2.26. The van der Waals surface area contributed by atoms with Crippen LogP contribution in [0, 0.1) is 22.7 Å². The molecule has 2 heterocycles.